The maximum absolute atomic E-state index is 12.6. The largest absolute Gasteiger partial charge is 0.322 e. The summed E-state index contributed by atoms with van der Waals surface area (Å²) >= 11 is 0. The molecule has 0 aromatic heterocycles. The molecular formula is C24H25N3O5S2. The third-order valence-corrected chi connectivity index (χ3v) is 8.86. The standard InChI is InChI=1S/C24H25N3O5S2/c1-18-4-12-22(13-5-18)33(29,30)26-21-8-6-19(7-9-21)24(28)25-20-10-14-23(15-11-20)34(31,32)27-16-2-3-17-27/h4-15,26H,2-3,16-17H2,1H3,(H,25,28). The van der Waals surface area contributed by atoms with Gasteiger partial charge in [0.15, 0.2) is 0 Å². The lowest BCUT2D eigenvalue weighted by Gasteiger charge is -2.15. The molecule has 1 fully saturated rings. The maximum Gasteiger partial charge on any atom is 0.261 e. The molecule has 3 aromatic rings. The molecule has 1 amide bonds. The Morgan fingerprint density at radius 2 is 1.26 bits per heavy atom. The minimum Gasteiger partial charge on any atom is -0.322 e. The highest BCUT2D eigenvalue weighted by Crippen LogP contribution is 2.23. The number of amides is 1. The van der Waals surface area contributed by atoms with Gasteiger partial charge in [0.2, 0.25) is 10.0 Å². The number of sulfonamides is 2. The second kappa shape index (κ2) is 9.57. The number of hydrogen-bond acceptors (Lipinski definition) is 5. The third-order valence-electron chi connectivity index (χ3n) is 5.55. The number of anilines is 2. The van der Waals surface area contributed by atoms with Gasteiger partial charge in [-0.25, -0.2) is 16.8 Å². The zero-order chi connectivity index (χ0) is 24.3. The van der Waals surface area contributed by atoms with E-state index >= 15 is 0 Å². The minimum atomic E-state index is -3.74. The highest BCUT2D eigenvalue weighted by molar-refractivity contribution is 7.92. The van der Waals surface area contributed by atoms with Gasteiger partial charge < -0.3 is 5.32 Å². The van der Waals surface area contributed by atoms with Crippen LogP contribution < -0.4 is 10.0 Å². The molecule has 1 heterocycles. The third kappa shape index (κ3) is 5.30. The van der Waals surface area contributed by atoms with Gasteiger partial charge in [0.05, 0.1) is 9.79 Å². The molecule has 0 aliphatic carbocycles. The predicted octanol–water partition coefficient (Wildman–Crippen LogP) is 3.83. The molecule has 0 atom stereocenters. The first-order chi connectivity index (χ1) is 16.1. The van der Waals surface area contributed by atoms with Gasteiger partial charge in [-0.1, -0.05) is 17.7 Å². The summed E-state index contributed by atoms with van der Waals surface area (Å²) in [6.07, 6.45) is 1.72. The molecule has 0 saturated carbocycles. The molecule has 0 spiro atoms. The van der Waals surface area contributed by atoms with E-state index in [0.29, 0.717) is 30.0 Å². The number of carbonyl (C=O) groups excluding carboxylic acids is 1. The van der Waals surface area contributed by atoms with Crippen molar-refractivity contribution in [1.82, 2.24) is 4.31 Å². The minimum absolute atomic E-state index is 0.148. The van der Waals surface area contributed by atoms with E-state index < -0.39 is 26.0 Å². The molecule has 4 rings (SSSR count). The SMILES string of the molecule is Cc1ccc(S(=O)(=O)Nc2ccc(C(=O)Nc3ccc(S(=O)(=O)N4CCCC4)cc3)cc2)cc1. The molecule has 0 bridgehead atoms. The van der Waals surface area contributed by atoms with Crippen LogP contribution in [0.1, 0.15) is 28.8 Å². The number of benzene rings is 3. The number of rotatable bonds is 7. The monoisotopic (exact) mass is 499 g/mol. The van der Waals surface area contributed by atoms with Gasteiger partial charge in [-0.05, 0) is 80.4 Å². The topological polar surface area (TPSA) is 113 Å². The molecule has 0 unspecified atom stereocenters. The summed E-state index contributed by atoms with van der Waals surface area (Å²) in [4.78, 5) is 12.9. The van der Waals surface area contributed by atoms with E-state index in [4.69, 9.17) is 0 Å². The number of hydrogen-bond donors (Lipinski definition) is 2. The normalized spacial score (nSPS) is 14.6. The molecule has 1 aliphatic rings. The Labute approximate surface area is 199 Å². The van der Waals surface area contributed by atoms with Crippen LogP contribution in [0.2, 0.25) is 0 Å². The molecule has 178 valence electrons. The Balaban J connectivity index is 1.40. The van der Waals surface area contributed by atoms with Crippen molar-refractivity contribution in [2.45, 2.75) is 29.6 Å². The van der Waals surface area contributed by atoms with Gasteiger partial charge in [-0.3, -0.25) is 9.52 Å². The van der Waals surface area contributed by atoms with Crippen molar-refractivity contribution in [2.75, 3.05) is 23.1 Å². The van der Waals surface area contributed by atoms with Gasteiger partial charge in [0.25, 0.3) is 15.9 Å². The van der Waals surface area contributed by atoms with E-state index in [0.717, 1.165) is 18.4 Å². The summed E-state index contributed by atoms with van der Waals surface area (Å²) in [5.74, 6) is -0.400. The second-order valence-electron chi connectivity index (χ2n) is 8.09. The molecule has 3 aromatic carbocycles. The fourth-order valence-corrected chi connectivity index (χ4v) is 6.19. The zero-order valence-corrected chi connectivity index (χ0v) is 20.2. The Morgan fingerprint density at radius 3 is 1.85 bits per heavy atom. The van der Waals surface area contributed by atoms with Crippen molar-refractivity contribution in [3.8, 4) is 0 Å². The van der Waals surface area contributed by atoms with Crippen molar-refractivity contribution in [1.29, 1.82) is 0 Å². The van der Waals surface area contributed by atoms with Gasteiger partial charge in [0.1, 0.15) is 0 Å². The number of aryl methyl sites for hydroxylation is 1. The van der Waals surface area contributed by atoms with E-state index in [1.54, 1.807) is 24.3 Å². The first-order valence-electron chi connectivity index (χ1n) is 10.8. The number of nitrogens with zero attached hydrogens (tertiary/aromatic N) is 1. The average molecular weight is 500 g/mol. The van der Waals surface area contributed by atoms with Crippen LogP contribution in [0.3, 0.4) is 0 Å². The Morgan fingerprint density at radius 1 is 0.735 bits per heavy atom. The first kappa shape index (κ1) is 23.9. The van der Waals surface area contributed by atoms with E-state index in [9.17, 15) is 21.6 Å². The summed E-state index contributed by atoms with van der Waals surface area (Å²) in [5, 5.41) is 2.72. The van der Waals surface area contributed by atoms with Crippen LogP contribution in [-0.4, -0.2) is 40.1 Å². The van der Waals surface area contributed by atoms with Crippen molar-refractivity contribution in [2.24, 2.45) is 0 Å². The van der Waals surface area contributed by atoms with E-state index in [1.807, 2.05) is 6.92 Å². The average Bonchev–Trinajstić information content (AvgIpc) is 3.36. The van der Waals surface area contributed by atoms with E-state index in [2.05, 4.69) is 10.0 Å². The van der Waals surface area contributed by atoms with Crippen LogP contribution in [0.25, 0.3) is 0 Å². The fraction of sp³-hybridized carbons (Fsp3) is 0.208. The summed E-state index contributed by atoms with van der Waals surface area (Å²) in [5.41, 5.74) is 2.06. The second-order valence-corrected chi connectivity index (χ2v) is 11.7. The molecular weight excluding hydrogens is 474 g/mol. The summed E-state index contributed by atoms with van der Waals surface area (Å²) in [6.45, 7) is 2.93. The van der Waals surface area contributed by atoms with Crippen LogP contribution in [0, 0.1) is 6.92 Å². The lowest BCUT2D eigenvalue weighted by Crippen LogP contribution is -2.27. The maximum atomic E-state index is 12.6. The van der Waals surface area contributed by atoms with Crippen LogP contribution in [0.5, 0.6) is 0 Å². The van der Waals surface area contributed by atoms with Crippen molar-refractivity contribution < 1.29 is 21.6 Å². The van der Waals surface area contributed by atoms with Crippen LogP contribution >= 0.6 is 0 Å². The molecule has 34 heavy (non-hydrogen) atoms. The van der Waals surface area contributed by atoms with E-state index in [-0.39, 0.29) is 9.79 Å². The Hall–Kier alpha value is -3.21. The van der Waals surface area contributed by atoms with Crippen molar-refractivity contribution in [3.05, 3.63) is 83.9 Å². The number of nitrogens with one attached hydrogen (secondary N) is 2. The molecule has 8 nitrogen and oxygen atoms in total. The van der Waals surface area contributed by atoms with Crippen molar-refractivity contribution >= 4 is 37.3 Å². The molecule has 1 saturated heterocycles. The Kier molecular flexibility index (Phi) is 6.74. The quantitative estimate of drug-likeness (QED) is 0.513. The lowest BCUT2D eigenvalue weighted by atomic mass is 10.2. The van der Waals surface area contributed by atoms with Gasteiger partial charge >= 0.3 is 0 Å². The predicted molar refractivity (Wildman–Crippen MR) is 131 cm³/mol. The molecule has 0 radical (unpaired) electrons. The first-order valence-corrected chi connectivity index (χ1v) is 13.7. The lowest BCUT2D eigenvalue weighted by molar-refractivity contribution is 0.102. The molecule has 2 N–H and O–H groups in total. The summed E-state index contributed by atoms with van der Waals surface area (Å²) < 4.78 is 54.2. The van der Waals surface area contributed by atoms with Gasteiger partial charge in [-0.2, -0.15) is 4.31 Å². The molecule has 10 heteroatoms. The summed E-state index contributed by atoms with van der Waals surface area (Å²) in [6, 6.07) is 18.6. The fourth-order valence-electron chi connectivity index (χ4n) is 3.61. The smallest absolute Gasteiger partial charge is 0.261 e. The van der Waals surface area contributed by atoms with Crippen molar-refractivity contribution in [3.63, 3.8) is 0 Å². The van der Waals surface area contributed by atoms with E-state index in [1.165, 1.54) is 52.8 Å². The van der Waals surface area contributed by atoms with Gasteiger partial charge in [0, 0.05) is 30.0 Å². The molecule has 1 aliphatic heterocycles. The van der Waals surface area contributed by atoms with Crippen LogP contribution in [0.15, 0.2) is 82.6 Å². The van der Waals surface area contributed by atoms with Gasteiger partial charge in [-0.15, -0.1) is 0 Å². The number of carbonyl (C=O) groups is 1. The summed E-state index contributed by atoms with van der Waals surface area (Å²) in [7, 11) is -7.25. The Bertz CT molecular complexity index is 1380. The highest BCUT2D eigenvalue weighted by Gasteiger charge is 2.27. The van der Waals surface area contributed by atoms with Crippen LogP contribution in [-0.2, 0) is 20.0 Å². The highest BCUT2D eigenvalue weighted by atomic mass is 32.2. The zero-order valence-electron chi connectivity index (χ0n) is 18.6. The van der Waals surface area contributed by atoms with Crippen LogP contribution in [0.4, 0.5) is 11.4 Å².